The highest BCUT2D eigenvalue weighted by molar-refractivity contribution is 5.83. The Hall–Kier alpha value is -2.62. The SMILES string of the molecule is CC(C)NC(=O)Cn1c(CCC(F)(F)F)nc2ccc(N3CCN4CCC3CC4)cc2c1=O. The minimum Gasteiger partial charge on any atom is -0.367 e. The molecular formula is C23H30F3N5O2. The summed E-state index contributed by atoms with van der Waals surface area (Å²) >= 11 is 0. The van der Waals surface area contributed by atoms with Gasteiger partial charge in [0.25, 0.3) is 5.56 Å². The number of nitrogens with zero attached hydrogens (tertiary/aromatic N) is 4. The van der Waals surface area contributed by atoms with E-state index in [1.165, 1.54) is 0 Å². The zero-order valence-electron chi connectivity index (χ0n) is 19.0. The molecule has 3 aliphatic heterocycles. The molecule has 1 aromatic heterocycles. The van der Waals surface area contributed by atoms with E-state index in [-0.39, 0.29) is 18.4 Å². The Morgan fingerprint density at radius 3 is 2.58 bits per heavy atom. The van der Waals surface area contributed by atoms with Gasteiger partial charge in [0.15, 0.2) is 0 Å². The third-order valence-corrected chi connectivity index (χ3v) is 6.39. The maximum Gasteiger partial charge on any atom is 0.389 e. The number of amides is 1. The van der Waals surface area contributed by atoms with E-state index >= 15 is 0 Å². The van der Waals surface area contributed by atoms with Crippen molar-refractivity contribution in [1.29, 1.82) is 0 Å². The highest BCUT2D eigenvalue weighted by atomic mass is 19.4. The van der Waals surface area contributed by atoms with Crippen molar-refractivity contribution in [2.75, 3.05) is 31.1 Å². The number of nitrogens with one attached hydrogen (secondary N) is 1. The van der Waals surface area contributed by atoms with Gasteiger partial charge in [-0.2, -0.15) is 13.2 Å². The van der Waals surface area contributed by atoms with Gasteiger partial charge in [-0.15, -0.1) is 0 Å². The number of anilines is 1. The summed E-state index contributed by atoms with van der Waals surface area (Å²) in [4.78, 5) is 34.9. The Labute approximate surface area is 190 Å². The van der Waals surface area contributed by atoms with Gasteiger partial charge >= 0.3 is 6.18 Å². The molecule has 3 fully saturated rings. The number of hydrogen-bond donors (Lipinski definition) is 1. The monoisotopic (exact) mass is 465 g/mol. The number of aryl methyl sites for hydroxylation is 1. The first-order valence-corrected chi connectivity index (χ1v) is 11.5. The van der Waals surface area contributed by atoms with E-state index in [4.69, 9.17) is 0 Å². The van der Waals surface area contributed by atoms with Gasteiger partial charge in [-0.05, 0) is 44.9 Å². The van der Waals surface area contributed by atoms with Crippen LogP contribution in [0, 0.1) is 0 Å². The Kier molecular flexibility index (Phi) is 6.65. The fourth-order valence-electron chi connectivity index (χ4n) is 4.78. The molecule has 10 heteroatoms. The van der Waals surface area contributed by atoms with Crippen molar-refractivity contribution in [3.05, 3.63) is 34.4 Å². The van der Waals surface area contributed by atoms with Crippen molar-refractivity contribution in [3.8, 4) is 0 Å². The lowest BCUT2D eigenvalue weighted by Crippen LogP contribution is -2.38. The number of benzene rings is 1. The van der Waals surface area contributed by atoms with Crippen LogP contribution in [0.25, 0.3) is 10.9 Å². The summed E-state index contributed by atoms with van der Waals surface area (Å²) in [6.07, 6.45) is -3.84. The van der Waals surface area contributed by atoms with Gasteiger partial charge in [0.1, 0.15) is 12.4 Å². The van der Waals surface area contributed by atoms with Crippen LogP contribution in [-0.2, 0) is 17.8 Å². The largest absolute Gasteiger partial charge is 0.389 e. The van der Waals surface area contributed by atoms with E-state index in [9.17, 15) is 22.8 Å². The number of alkyl halides is 3. The Morgan fingerprint density at radius 2 is 1.91 bits per heavy atom. The van der Waals surface area contributed by atoms with Crippen LogP contribution in [0.1, 0.15) is 38.9 Å². The summed E-state index contributed by atoms with van der Waals surface area (Å²) < 4.78 is 39.7. The van der Waals surface area contributed by atoms with E-state index in [0.717, 1.165) is 49.3 Å². The van der Waals surface area contributed by atoms with Crippen LogP contribution in [0.15, 0.2) is 23.0 Å². The maximum absolute atomic E-state index is 13.4. The highest BCUT2D eigenvalue weighted by Gasteiger charge is 2.30. The second-order valence-corrected chi connectivity index (χ2v) is 9.22. The average molecular weight is 466 g/mol. The van der Waals surface area contributed by atoms with Crippen molar-refractivity contribution in [2.24, 2.45) is 0 Å². The summed E-state index contributed by atoms with van der Waals surface area (Å²) in [6.45, 7) is 7.15. The van der Waals surface area contributed by atoms with E-state index in [0.29, 0.717) is 16.9 Å². The van der Waals surface area contributed by atoms with Crippen LogP contribution in [-0.4, -0.2) is 64.8 Å². The van der Waals surface area contributed by atoms with Crippen molar-refractivity contribution in [2.45, 2.75) is 64.3 Å². The molecule has 7 nitrogen and oxygen atoms in total. The van der Waals surface area contributed by atoms with Crippen molar-refractivity contribution in [1.82, 2.24) is 19.8 Å². The Morgan fingerprint density at radius 1 is 1.18 bits per heavy atom. The molecule has 3 saturated heterocycles. The van der Waals surface area contributed by atoms with Gasteiger partial charge in [0.2, 0.25) is 5.91 Å². The summed E-state index contributed by atoms with van der Waals surface area (Å²) in [5.41, 5.74) is 0.779. The summed E-state index contributed by atoms with van der Waals surface area (Å²) in [5, 5.41) is 3.01. The van der Waals surface area contributed by atoms with Gasteiger partial charge in [-0.1, -0.05) is 0 Å². The van der Waals surface area contributed by atoms with Crippen molar-refractivity contribution < 1.29 is 18.0 Å². The van der Waals surface area contributed by atoms with Crippen LogP contribution in [0.5, 0.6) is 0 Å². The fraction of sp³-hybridized carbons (Fsp3) is 0.609. The van der Waals surface area contributed by atoms with E-state index in [1.54, 1.807) is 26.0 Å². The van der Waals surface area contributed by atoms with E-state index in [2.05, 4.69) is 20.1 Å². The molecule has 5 rings (SSSR count). The van der Waals surface area contributed by atoms with Crippen LogP contribution in [0.3, 0.4) is 0 Å². The first-order valence-electron chi connectivity index (χ1n) is 11.5. The zero-order chi connectivity index (χ0) is 23.8. The fourth-order valence-corrected chi connectivity index (χ4v) is 4.78. The second kappa shape index (κ2) is 9.32. The molecular weight excluding hydrogens is 435 g/mol. The van der Waals surface area contributed by atoms with Gasteiger partial charge in [-0.25, -0.2) is 4.98 Å². The molecule has 33 heavy (non-hydrogen) atoms. The summed E-state index contributed by atoms with van der Waals surface area (Å²) in [6, 6.07) is 5.63. The molecule has 0 radical (unpaired) electrons. The molecule has 4 heterocycles. The molecule has 2 aromatic rings. The number of aromatic nitrogens is 2. The third kappa shape index (κ3) is 5.48. The number of carbonyl (C=O) groups is 1. The molecule has 180 valence electrons. The predicted octanol–water partition coefficient (Wildman–Crippen LogP) is 2.70. The van der Waals surface area contributed by atoms with Crippen LogP contribution >= 0.6 is 0 Å². The molecule has 1 amide bonds. The normalized spacial score (nSPS) is 21.0. The number of fused-ring (bicyclic) bond motifs is 5. The number of halogens is 3. The zero-order valence-corrected chi connectivity index (χ0v) is 19.0. The maximum atomic E-state index is 13.4. The number of rotatable bonds is 6. The summed E-state index contributed by atoms with van der Waals surface area (Å²) in [7, 11) is 0. The van der Waals surface area contributed by atoms with Crippen LogP contribution in [0.4, 0.5) is 18.9 Å². The predicted molar refractivity (Wildman–Crippen MR) is 120 cm³/mol. The van der Waals surface area contributed by atoms with E-state index < -0.39 is 30.5 Å². The molecule has 0 unspecified atom stereocenters. The molecule has 0 spiro atoms. The van der Waals surface area contributed by atoms with Gasteiger partial charge in [0.05, 0.1) is 17.3 Å². The smallest absolute Gasteiger partial charge is 0.367 e. The Bertz CT molecular complexity index is 1070. The quantitative estimate of drug-likeness (QED) is 0.711. The molecule has 0 aliphatic carbocycles. The number of hydrogen-bond acceptors (Lipinski definition) is 5. The lowest BCUT2D eigenvalue weighted by Gasteiger charge is -2.33. The first kappa shape index (κ1) is 23.5. The van der Waals surface area contributed by atoms with Gasteiger partial charge in [0, 0.05) is 50.4 Å². The van der Waals surface area contributed by atoms with Crippen LogP contribution in [0.2, 0.25) is 0 Å². The van der Waals surface area contributed by atoms with Gasteiger partial charge in [-0.3, -0.25) is 14.2 Å². The molecule has 1 N–H and O–H groups in total. The summed E-state index contributed by atoms with van der Waals surface area (Å²) in [5.74, 6) is -0.464. The minimum atomic E-state index is -4.39. The first-order chi connectivity index (χ1) is 15.6. The third-order valence-electron chi connectivity index (χ3n) is 6.39. The highest BCUT2D eigenvalue weighted by Crippen LogP contribution is 2.29. The Balaban J connectivity index is 1.73. The molecule has 2 bridgehead atoms. The molecule has 0 atom stereocenters. The molecule has 1 aromatic carbocycles. The number of carbonyl (C=O) groups excluding carboxylic acids is 1. The molecule has 3 aliphatic rings. The van der Waals surface area contributed by atoms with Crippen molar-refractivity contribution in [3.63, 3.8) is 0 Å². The lowest BCUT2D eigenvalue weighted by molar-refractivity contribution is -0.134. The number of piperidine rings is 1. The minimum absolute atomic E-state index is 0.0299. The van der Waals surface area contributed by atoms with Crippen LogP contribution < -0.4 is 15.8 Å². The van der Waals surface area contributed by atoms with Crippen molar-refractivity contribution >= 4 is 22.5 Å². The lowest BCUT2D eigenvalue weighted by atomic mass is 10.0. The molecule has 0 saturated carbocycles. The van der Waals surface area contributed by atoms with E-state index in [1.807, 2.05) is 6.07 Å². The average Bonchev–Trinajstić information content (AvgIpc) is 3.07. The second-order valence-electron chi connectivity index (χ2n) is 9.22. The topological polar surface area (TPSA) is 70.5 Å². The standard InChI is InChI=1S/C23H30F3N5O2/c1-15(2)27-21(32)14-31-20(5-8-23(24,25)26)28-19-4-3-17(13-18(19)22(31)33)30-12-11-29-9-6-16(30)7-10-29/h3-4,13,15-16H,5-12,14H2,1-2H3,(H,27,32). The van der Waals surface area contributed by atoms with Gasteiger partial charge < -0.3 is 15.1 Å².